The molecule has 1 aliphatic heterocycles. The highest BCUT2D eigenvalue weighted by atomic mass is 32.2. The Morgan fingerprint density at radius 2 is 2.05 bits per heavy atom. The second-order valence-corrected chi connectivity index (χ2v) is 6.60. The summed E-state index contributed by atoms with van der Waals surface area (Å²) < 4.78 is 2.26. The first-order valence-corrected chi connectivity index (χ1v) is 8.43. The van der Waals surface area contributed by atoms with Crippen molar-refractivity contribution in [3.8, 4) is 0 Å². The van der Waals surface area contributed by atoms with Crippen LogP contribution in [0.4, 0.5) is 4.79 Å². The summed E-state index contributed by atoms with van der Waals surface area (Å²) >= 11 is 1.04. The highest BCUT2D eigenvalue weighted by Crippen LogP contribution is 2.33. The summed E-state index contributed by atoms with van der Waals surface area (Å²) in [7, 11) is 0. The fourth-order valence-corrected chi connectivity index (χ4v) is 3.95. The number of rotatable bonds is 3. The second kappa shape index (κ2) is 6.10. The van der Waals surface area contributed by atoms with Crippen LogP contribution in [0.2, 0.25) is 0 Å². The molecule has 0 N–H and O–H groups in total. The average molecular weight is 304 g/mol. The molecular weight excluding hydrogens is 284 g/mol. The first kappa shape index (κ1) is 14.4. The van der Waals surface area contributed by atoms with Gasteiger partial charge in [-0.2, -0.15) is 0 Å². The molecule has 2 heterocycles. The molecule has 4 nitrogen and oxygen atoms in total. The quantitative estimate of drug-likeness (QED) is 0.791. The summed E-state index contributed by atoms with van der Waals surface area (Å²) in [4.78, 5) is 25.6. The Morgan fingerprint density at radius 3 is 2.71 bits per heavy atom. The Kier molecular flexibility index (Phi) is 4.19. The zero-order valence-corrected chi connectivity index (χ0v) is 13.1. The molecule has 1 aromatic heterocycles. The van der Waals surface area contributed by atoms with Crippen LogP contribution in [0.25, 0.3) is 6.08 Å². The molecule has 0 spiro atoms. The maximum atomic E-state index is 12.1. The van der Waals surface area contributed by atoms with Crippen LogP contribution in [0, 0.1) is 0 Å². The van der Waals surface area contributed by atoms with Gasteiger partial charge in [0.15, 0.2) is 0 Å². The van der Waals surface area contributed by atoms with Gasteiger partial charge < -0.3 is 4.57 Å². The van der Waals surface area contributed by atoms with Crippen molar-refractivity contribution in [3.63, 3.8) is 0 Å². The lowest BCUT2D eigenvalue weighted by atomic mass is 9.95. The Hall–Kier alpha value is -1.49. The number of hydrogen-bond acceptors (Lipinski definition) is 3. The minimum absolute atomic E-state index is 0.166. The normalized spacial score (nSPS) is 22.5. The third kappa shape index (κ3) is 2.93. The number of aromatic nitrogens is 1. The van der Waals surface area contributed by atoms with Gasteiger partial charge in [0.1, 0.15) is 0 Å². The van der Waals surface area contributed by atoms with Gasteiger partial charge in [-0.3, -0.25) is 14.5 Å². The van der Waals surface area contributed by atoms with Gasteiger partial charge in [0.2, 0.25) is 0 Å². The maximum absolute atomic E-state index is 12.1. The van der Waals surface area contributed by atoms with E-state index in [0.717, 1.165) is 17.3 Å². The first-order chi connectivity index (χ1) is 10.2. The lowest BCUT2D eigenvalue weighted by Gasteiger charge is -2.23. The molecule has 2 fully saturated rings. The van der Waals surface area contributed by atoms with Gasteiger partial charge in [0, 0.05) is 25.0 Å². The highest BCUT2D eigenvalue weighted by molar-refractivity contribution is 8.18. The minimum atomic E-state index is -0.169. The van der Waals surface area contributed by atoms with Gasteiger partial charge in [0.05, 0.1) is 4.91 Å². The molecule has 0 unspecified atom stereocenters. The number of thioether (sulfide) groups is 1. The molecule has 112 valence electrons. The summed E-state index contributed by atoms with van der Waals surface area (Å²) in [6.07, 6.45) is 12.4. The van der Waals surface area contributed by atoms with Crippen molar-refractivity contribution in [2.24, 2.45) is 0 Å². The maximum Gasteiger partial charge on any atom is 0.293 e. The van der Waals surface area contributed by atoms with Crippen LogP contribution in [0.3, 0.4) is 0 Å². The molecule has 1 aliphatic carbocycles. The van der Waals surface area contributed by atoms with E-state index in [1.54, 1.807) is 0 Å². The largest absolute Gasteiger partial charge is 0.351 e. The van der Waals surface area contributed by atoms with Crippen LogP contribution in [0.15, 0.2) is 23.4 Å². The number of amides is 2. The summed E-state index contributed by atoms with van der Waals surface area (Å²) in [5.74, 6) is -0.169. The summed E-state index contributed by atoms with van der Waals surface area (Å²) in [5, 5.41) is -0.166. The SMILES string of the molecule is CCN1C(=O)S/C(=C/c2ccn(C3CCCCC3)c2)C1=O. The van der Waals surface area contributed by atoms with Crippen molar-refractivity contribution in [3.05, 3.63) is 28.9 Å². The molecule has 3 rings (SSSR count). The smallest absolute Gasteiger partial charge is 0.293 e. The number of carbonyl (C=O) groups excluding carboxylic acids is 2. The molecule has 0 radical (unpaired) electrons. The molecule has 1 saturated carbocycles. The second-order valence-electron chi connectivity index (χ2n) is 5.61. The van der Waals surface area contributed by atoms with Gasteiger partial charge in [-0.1, -0.05) is 19.3 Å². The number of carbonyl (C=O) groups is 2. The molecule has 21 heavy (non-hydrogen) atoms. The number of nitrogens with zero attached hydrogens (tertiary/aromatic N) is 2. The third-order valence-electron chi connectivity index (χ3n) is 4.22. The molecule has 1 aromatic rings. The Balaban J connectivity index is 1.76. The van der Waals surface area contributed by atoms with Gasteiger partial charge >= 0.3 is 0 Å². The van der Waals surface area contributed by atoms with E-state index in [-0.39, 0.29) is 11.1 Å². The van der Waals surface area contributed by atoms with E-state index in [2.05, 4.69) is 17.0 Å². The predicted molar refractivity (Wildman–Crippen MR) is 84.9 cm³/mol. The molecule has 0 atom stereocenters. The van der Waals surface area contributed by atoms with Crippen LogP contribution in [-0.2, 0) is 4.79 Å². The standard InChI is InChI=1S/C16H20N2O2S/c1-2-18-15(19)14(21-16(18)20)10-12-8-9-17(11-12)13-6-4-3-5-7-13/h8-11,13H,2-7H2,1H3/b14-10+. The van der Waals surface area contributed by atoms with Crippen molar-refractivity contribution < 1.29 is 9.59 Å². The molecule has 0 aromatic carbocycles. The van der Waals surface area contributed by atoms with E-state index in [1.165, 1.54) is 37.0 Å². The van der Waals surface area contributed by atoms with E-state index >= 15 is 0 Å². The topological polar surface area (TPSA) is 42.3 Å². The average Bonchev–Trinajstić information content (AvgIpc) is 3.06. The zero-order valence-electron chi connectivity index (χ0n) is 12.2. The Labute approximate surface area is 129 Å². The molecular formula is C16H20N2O2S. The van der Waals surface area contributed by atoms with Crippen molar-refractivity contribution in [2.75, 3.05) is 6.54 Å². The van der Waals surface area contributed by atoms with E-state index in [4.69, 9.17) is 0 Å². The Bertz CT molecular complexity index is 585. The minimum Gasteiger partial charge on any atom is -0.351 e. The van der Waals surface area contributed by atoms with Crippen molar-refractivity contribution in [1.82, 2.24) is 9.47 Å². The number of likely N-dealkylation sites (N-methyl/N-ethyl adjacent to an activating group) is 1. The molecule has 2 amide bonds. The molecule has 1 saturated heterocycles. The summed E-state index contributed by atoms with van der Waals surface area (Å²) in [6, 6.07) is 2.61. The van der Waals surface area contributed by atoms with Gasteiger partial charge in [-0.25, -0.2) is 0 Å². The zero-order chi connectivity index (χ0) is 14.8. The van der Waals surface area contributed by atoms with E-state index < -0.39 is 0 Å². The molecule has 5 heteroatoms. The Morgan fingerprint density at radius 1 is 1.29 bits per heavy atom. The summed E-state index contributed by atoms with van der Waals surface area (Å²) in [6.45, 7) is 2.25. The summed E-state index contributed by atoms with van der Waals surface area (Å²) in [5.41, 5.74) is 1.00. The van der Waals surface area contributed by atoms with Crippen LogP contribution in [-0.4, -0.2) is 27.2 Å². The number of hydrogen-bond donors (Lipinski definition) is 0. The van der Waals surface area contributed by atoms with E-state index in [0.29, 0.717) is 17.5 Å². The van der Waals surface area contributed by atoms with Gasteiger partial charge in [-0.05, 0) is 49.2 Å². The highest BCUT2D eigenvalue weighted by Gasteiger charge is 2.33. The monoisotopic (exact) mass is 304 g/mol. The predicted octanol–water partition coefficient (Wildman–Crippen LogP) is 4.05. The van der Waals surface area contributed by atoms with Crippen LogP contribution >= 0.6 is 11.8 Å². The first-order valence-electron chi connectivity index (χ1n) is 7.62. The lowest BCUT2D eigenvalue weighted by Crippen LogP contribution is -2.27. The number of imide groups is 1. The fourth-order valence-electron chi connectivity index (χ4n) is 3.05. The van der Waals surface area contributed by atoms with Crippen molar-refractivity contribution in [2.45, 2.75) is 45.1 Å². The van der Waals surface area contributed by atoms with Crippen LogP contribution in [0.1, 0.15) is 50.6 Å². The van der Waals surface area contributed by atoms with Crippen LogP contribution < -0.4 is 0 Å². The molecule has 2 aliphatic rings. The van der Waals surface area contributed by atoms with Crippen molar-refractivity contribution in [1.29, 1.82) is 0 Å². The molecule has 0 bridgehead atoms. The van der Waals surface area contributed by atoms with Gasteiger partial charge in [-0.15, -0.1) is 0 Å². The van der Waals surface area contributed by atoms with E-state index in [9.17, 15) is 9.59 Å². The fraction of sp³-hybridized carbons (Fsp3) is 0.500. The van der Waals surface area contributed by atoms with Crippen LogP contribution in [0.5, 0.6) is 0 Å². The van der Waals surface area contributed by atoms with Crippen molar-refractivity contribution >= 4 is 29.0 Å². The lowest BCUT2D eigenvalue weighted by molar-refractivity contribution is -0.122. The van der Waals surface area contributed by atoms with E-state index in [1.807, 2.05) is 19.1 Å². The third-order valence-corrected chi connectivity index (χ3v) is 5.13. The van der Waals surface area contributed by atoms with Gasteiger partial charge in [0.25, 0.3) is 11.1 Å².